The molecule has 21 heavy (non-hydrogen) atoms. The van der Waals surface area contributed by atoms with E-state index < -0.39 is 0 Å². The standard InChI is InChI=1S/C18H22BrNO/c1-12(2)15-6-4-14(5-7-15)11-21-18-9-8-16(19)10-17(18)13(3)20/h4-10,12-13H,11,20H2,1-3H3. The van der Waals surface area contributed by atoms with E-state index >= 15 is 0 Å². The van der Waals surface area contributed by atoms with Crippen LogP contribution in [0.25, 0.3) is 0 Å². The normalized spacial score (nSPS) is 12.5. The van der Waals surface area contributed by atoms with Crippen LogP contribution in [-0.4, -0.2) is 0 Å². The van der Waals surface area contributed by atoms with Crippen LogP contribution >= 0.6 is 15.9 Å². The Balaban J connectivity index is 2.09. The first-order chi connectivity index (χ1) is 9.97. The van der Waals surface area contributed by atoms with E-state index in [1.165, 1.54) is 5.56 Å². The maximum atomic E-state index is 6.00. The van der Waals surface area contributed by atoms with Crippen molar-refractivity contribution in [1.82, 2.24) is 0 Å². The first-order valence-electron chi connectivity index (χ1n) is 7.24. The average Bonchev–Trinajstić information content (AvgIpc) is 2.46. The van der Waals surface area contributed by atoms with E-state index in [1.54, 1.807) is 0 Å². The number of hydrogen-bond acceptors (Lipinski definition) is 2. The predicted octanol–water partition coefficient (Wildman–Crippen LogP) is 5.17. The van der Waals surface area contributed by atoms with Gasteiger partial charge in [-0.05, 0) is 42.2 Å². The van der Waals surface area contributed by atoms with E-state index in [1.807, 2.05) is 25.1 Å². The molecule has 0 saturated carbocycles. The Morgan fingerprint density at radius 2 is 1.71 bits per heavy atom. The fraction of sp³-hybridized carbons (Fsp3) is 0.333. The number of rotatable bonds is 5. The molecule has 2 nitrogen and oxygen atoms in total. The second-order valence-electron chi connectivity index (χ2n) is 5.66. The fourth-order valence-corrected chi connectivity index (χ4v) is 2.55. The van der Waals surface area contributed by atoms with E-state index in [4.69, 9.17) is 10.5 Å². The maximum absolute atomic E-state index is 6.00. The van der Waals surface area contributed by atoms with Gasteiger partial charge in [-0.3, -0.25) is 0 Å². The Labute approximate surface area is 135 Å². The summed E-state index contributed by atoms with van der Waals surface area (Å²) in [6, 6.07) is 14.5. The van der Waals surface area contributed by atoms with Crippen molar-refractivity contribution in [3.63, 3.8) is 0 Å². The van der Waals surface area contributed by atoms with E-state index in [9.17, 15) is 0 Å². The highest BCUT2D eigenvalue weighted by molar-refractivity contribution is 9.10. The van der Waals surface area contributed by atoms with Crippen LogP contribution in [0, 0.1) is 0 Å². The molecule has 0 fully saturated rings. The molecule has 112 valence electrons. The van der Waals surface area contributed by atoms with Gasteiger partial charge < -0.3 is 10.5 Å². The number of halogens is 1. The summed E-state index contributed by atoms with van der Waals surface area (Å²) in [6.07, 6.45) is 0. The van der Waals surface area contributed by atoms with Crippen LogP contribution in [0.4, 0.5) is 0 Å². The molecule has 2 aromatic rings. The number of hydrogen-bond donors (Lipinski definition) is 1. The molecule has 1 unspecified atom stereocenters. The average molecular weight is 348 g/mol. The second-order valence-corrected chi connectivity index (χ2v) is 6.57. The summed E-state index contributed by atoms with van der Waals surface area (Å²) in [4.78, 5) is 0. The molecule has 2 N–H and O–H groups in total. The quantitative estimate of drug-likeness (QED) is 0.809. The third-order valence-electron chi connectivity index (χ3n) is 3.50. The number of nitrogens with two attached hydrogens (primary N) is 1. The van der Waals surface area contributed by atoms with Gasteiger partial charge in [0.15, 0.2) is 0 Å². The van der Waals surface area contributed by atoms with Crippen molar-refractivity contribution in [2.75, 3.05) is 0 Å². The van der Waals surface area contributed by atoms with Gasteiger partial charge in [-0.15, -0.1) is 0 Å². The Bertz CT molecular complexity index is 591. The third-order valence-corrected chi connectivity index (χ3v) is 4.00. The van der Waals surface area contributed by atoms with Crippen LogP contribution in [0.5, 0.6) is 5.75 Å². The van der Waals surface area contributed by atoms with Crippen LogP contribution in [0.15, 0.2) is 46.9 Å². The monoisotopic (exact) mass is 347 g/mol. The summed E-state index contributed by atoms with van der Waals surface area (Å²) in [5.74, 6) is 1.40. The first-order valence-corrected chi connectivity index (χ1v) is 8.03. The molecule has 0 aliphatic carbocycles. The number of benzene rings is 2. The lowest BCUT2D eigenvalue weighted by Crippen LogP contribution is -2.08. The van der Waals surface area contributed by atoms with Gasteiger partial charge in [0, 0.05) is 16.1 Å². The number of ether oxygens (including phenoxy) is 1. The van der Waals surface area contributed by atoms with Gasteiger partial charge in [-0.25, -0.2) is 0 Å². The van der Waals surface area contributed by atoms with Crippen molar-refractivity contribution in [3.8, 4) is 5.75 Å². The highest BCUT2D eigenvalue weighted by atomic mass is 79.9. The molecule has 2 rings (SSSR count). The minimum atomic E-state index is -0.0548. The van der Waals surface area contributed by atoms with Crippen molar-refractivity contribution >= 4 is 15.9 Å². The Kier molecular flexibility index (Phi) is 5.43. The minimum absolute atomic E-state index is 0.0548. The molecule has 0 spiro atoms. The van der Waals surface area contributed by atoms with Crippen molar-refractivity contribution in [2.45, 2.75) is 39.3 Å². The molecule has 0 saturated heterocycles. The van der Waals surface area contributed by atoms with E-state index in [0.29, 0.717) is 12.5 Å². The van der Waals surface area contributed by atoms with Gasteiger partial charge in [0.2, 0.25) is 0 Å². The van der Waals surface area contributed by atoms with Gasteiger partial charge in [-0.1, -0.05) is 54.0 Å². The Morgan fingerprint density at radius 1 is 1.05 bits per heavy atom. The second kappa shape index (κ2) is 7.10. The summed E-state index contributed by atoms with van der Waals surface area (Å²) in [6.45, 7) is 6.91. The first kappa shape index (κ1) is 16.1. The van der Waals surface area contributed by atoms with Crippen LogP contribution in [-0.2, 0) is 6.61 Å². The van der Waals surface area contributed by atoms with Gasteiger partial charge in [-0.2, -0.15) is 0 Å². The van der Waals surface area contributed by atoms with Crippen molar-refractivity contribution in [2.24, 2.45) is 5.73 Å². The largest absolute Gasteiger partial charge is 0.489 e. The van der Waals surface area contributed by atoms with E-state index in [0.717, 1.165) is 21.3 Å². The molecule has 0 radical (unpaired) electrons. The molecule has 3 heteroatoms. The molecule has 1 atom stereocenters. The van der Waals surface area contributed by atoms with Gasteiger partial charge in [0.25, 0.3) is 0 Å². The summed E-state index contributed by atoms with van der Waals surface area (Å²) in [7, 11) is 0. The molecule has 0 amide bonds. The predicted molar refractivity (Wildman–Crippen MR) is 91.6 cm³/mol. The maximum Gasteiger partial charge on any atom is 0.124 e. The summed E-state index contributed by atoms with van der Waals surface area (Å²) in [5, 5.41) is 0. The third kappa shape index (κ3) is 4.32. The molecule has 0 aromatic heterocycles. The fourth-order valence-electron chi connectivity index (χ4n) is 2.17. The van der Waals surface area contributed by atoms with Crippen LogP contribution in [0.3, 0.4) is 0 Å². The lowest BCUT2D eigenvalue weighted by molar-refractivity contribution is 0.301. The van der Waals surface area contributed by atoms with Crippen molar-refractivity contribution < 1.29 is 4.74 Å². The van der Waals surface area contributed by atoms with Crippen LogP contribution < -0.4 is 10.5 Å². The van der Waals surface area contributed by atoms with Gasteiger partial charge in [0.1, 0.15) is 12.4 Å². The minimum Gasteiger partial charge on any atom is -0.489 e. The van der Waals surface area contributed by atoms with Gasteiger partial charge in [0.05, 0.1) is 0 Å². The molecule has 2 aromatic carbocycles. The zero-order valence-electron chi connectivity index (χ0n) is 12.8. The highest BCUT2D eigenvalue weighted by Crippen LogP contribution is 2.28. The summed E-state index contributed by atoms with van der Waals surface area (Å²) >= 11 is 3.47. The van der Waals surface area contributed by atoms with Crippen LogP contribution in [0.1, 0.15) is 49.4 Å². The molecular weight excluding hydrogens is 326 g/mol. The Hall–Kier alpha value is -1.32. The molecule has 0 heterocycles. The van der Waals surface area contributed by atoms with Crippen LogP contribution in [0.2, 0.25) is 0 Å². The topological polar surface area (TPSA) is 35.2 Å². The molecule has 0 aliphatic rings. The highest BCUT2D eigenvalue weighted by Gasteiger charge is 2.09. The summed E-state index contributed by atoms with van der Waals surface area (Å²) in [5.41, 5.74) is 9.53. The van der Waals surface area contributed by atoms with E-state index in [-0.39, 0.29) is 6.04 Å². The molecule has 0 aliphatic heterocycles. The summed E-state index contributed by atoms with van der Waals surface area (Å²) < 4.78 is 6.96. The zero-order valence-corrected chi connectivity index (χ0v) is 14.4. The van der Waals surface area contributed by atoms with Gasteiger partial charge >= 0.3 is 0 Å². The molecule has 0 bridgehead atoms. The lowest BCUT2D eigenvalue weighted by Gasteiger charge is -2.15. The van der Waals surface area contributed by atoms with Crippen molar-refractivity contribution in [3.05, 3.63) is 63.6 Å². The van der Waals surface area contributed by atoms with Crippen molar-refractivity contribution in [1.29, 1.82) is 0 Å². The Morgan fingerprint density at radius 3 is 2.29 bits per heavy atom. The smallest absolute Gasteiger partial charge is 0.124 e. The zero-order chi connectivity index (χ0) is 15.4. The lowest BCUT2D eigenvalue weighted by atomic mass is 10.0. The SMILES string of the molecule is CC(C)c1ccc(COc2ccc(Br)cc2C(C)N)cc1. The van der Waals surface area contributed by atoms with E-state index in [2.05, 4.69) is 54.0 Å². The molecular formula is C18H22BrNO.